The van der Waals surface area contributed by atoms with Crippen LogP contribution in [0.4, 0.5) is 0 Å². The molecule has 0 aliphatic carbocycles. The molecule has 0 saturated heterocycles. The molecule has 2 rings (SSSR count). The predicted molar refractivity (Wildman–Crippen MR) is 73.3 cm³/mol. The van der Waals surface area contributed by atoms with E-state index in [0.29, 0.717) is 12.1 Å². The zero-order chi connectivity index (χ0) is 13.1. The Morgan fingerprint density at radius 2 is 2.28 bits per heavy atom. The van der Waals surface area contributed by atoms with Gasteiger partial charge in [-0.1, -0.05) is 22.0 Å². The summed E-state index contributed by atoms with van der Waals surface area (Å²) in [7, 11) is 1.79. The summed E-state index contributed by atoms with van der Waals surface area (Å²) in [6.45, 7) is 2.62. The van der Waals surface area contributed by atoms with Crippen molar-refractivity contribution < 1.29 is 4.79 Å². The van der Waals surface area contributed by atoms with Gasteiger partial charge in [0, 0.05) is 24.3 Å². The van der Waals surface area contributed by atoms with Gasteiger partial charge in [0.15, 0.2) is 0 Å². The van der Waals surface area contributed by atoms with E-state index in [-0.39, 0.29) is 5.91 Å². The van der Waals surface area contributed by atoms with Crippen LogP contribution in [-0.4, -0.2) is 28.1 Å². The maximum atomic E-state index is 12.0. The number of aromatic nitrogens is 2. The van der Waals surface area contributed by atoms with Crippen molar-refractivity contribution >= 4 is 21.8 Å². The van der Waals surface area contributed by atoms with Gasteiger partial charge in [-0.3, -0.25) is 9.89 Å². The molecule has 0 atom stereocenters. The van der Waals surface area contributed by atoms with Gasteiger partial charge in [0.25, 0.3) is 5.91 Å². The average Bonchev–Trinajstić information content (AvgIpc) is 2.85. The number of halogens is 1. The molecule has 0 bridgehead atoms. The summed E-state index contributed by atoms with van der Waals surface area (Å²) >= 11 is 3.43. The maximum Gasteiger partial charge on any atom is 0.257 e. The number of hydrogen-bond acceptors (Lipinski definition) is 2. The molecule has 94 valence electrons. The lowest BCUT2D eigenvalue weighted by Crippen LogP contribution is -2.26. The first-order valence-corrected chi connectivity index (χ1v) is 6.36. The SMILES string of the molecule is Cc1cc(Br)ccc1CN(C)C(=O)c1cn[nH]c1. The van der Waals surface area contributed by atoms with Crippen LogP contribution in [0.1, 0.15) is 21.5 Å². The summed E-state index contributed by atoms with van der Waals surface area (Å²) in [5.41, 5.74) is 2.88. The van der Waals surface area contributed by atoms with E-state index < -0.39 is 0 Å². The van der Waals surface area contributed by atoms with E-state index in [4.69, 9.17) is 0 Å². The van der Waals surface area contributed by atoms with E-state index in [1.165, 1.54) is 6.20 Å². The first kappa shape index (κ1) is 12.8. The summed E-state index contributed by atoms with van der Waals surface area (Å²) in [4.78, 5) is 13.7. The van der Waals surface area contributed by atoms with Crippen LogP contribution in [-0.2, 0) is 6.54 Å². The second-order valence-electron chi connectivity index (χ2n) is 4.22. The molecule has 0 unspecified atom stereocenters. The number of carbonyl (C=O) groups excluding carboxylic acids is 1. The number of aryl methyl sites for hydroxylation is 1. The Kier molecular flexibility index (Phi) is 3.81. The fraction of sp³-hybridized carbons (Fsp3) is 0.231. The molecule has 5 heteroatoms. The zero-order valence-electron chi connectivity index (χ0n) is 10.3. The molecule has 0 fully saturated rings. The highest BCUT2D eigenvalue weighted by atomic mass is 79.9. The Morgan fingerprint density at radius 3 is 2.89 bits per heavy atom. The lowest BCUT2D eigenvalue weighted by Gasteiger charge is -2.17. The molecule has 1 N–H and O–H groups in total. The second-order valence-corrected chi connectivity index (χ2v) is 5.13. The monoisotopic (exact) mass is 307 g/mol. The second kappa shape index (κ2) is 5.35. The van der Waals surface area contributed by atoms with Crippen molar-refractivity contribution in [2.24, 2.45) is 0 Å². The Morgan fingerprint density at radius 1 is 1.50 bits per heavy atom. The third-order valence-electron chi connectivity index (χ3n) is 2.80. The quantitative estimate of drug-likeness (QED) is 0.948. The minimum atomic E-state index is -0.0360. The van der Waals surface area contributed by atoms with Gasteiger partial charge < -0.3 is 4.90 Å². The van der Waals surface area contributed by atoms with Gasteiger partial charge in [0.1, 0.15) is 0 Å². The average molecular weight is 308 g/mol. The van der Waals surface area contributed by atoms with Gasteiger partial charge in [-0.05, 0) is 30.2 Å². The van der Waals surface area contributed by atoms with Crippen LogP contribution in [0.3, 0.4) is 0 Å². The van der Waals surface area contributed by atoms with Crippen molar-refractivity contribution in [3.8, 4) is 0 Å². The van der Waals surface area contributed by atoms with Crippen molar-refractivity contribution in [1.82, 2.24) is 15.1 Å². The molecule has 4 nitrogen and oxygen atoms in total. The number of aromatic amines is 1. The van der Waals surface area contributed by atoms with Crippen LogP contribution in [0, 0.1) is 6.92 Å². The van der Waals surface area contributed by atoms with E-state index in [1.807, 2.05) is 25.1 Å². The fourth-order valence-corrected chi connectivity index (χ4v) is 2.23. The molecule has 1 heterocycles. The number of H-pyrrole nitrogens is 1. The van der Waals surface area contributed by atoms with Gasteiger partial charge in [-0.2, -0.15) is 5.10 Å². The van der Waals surface area contributed by atoms with Gasteiger partial charge in [0.2, 0.25) is 0 Å². The van der Waals surface area contributed by atoms with Crippen molar-refractivity contribution in [3.63, 3.8) is 0 Å². The smallest absolute Gasteiger partial charge is 0.257 e. The van der Waals surface area contributed by atoms with E-state index in [1.54, 1.807) is 18.1 Å². The summed E-state index contributed by atoms with van der Waals surface area (Å²) in [5, 5.41) is 6.43. The highest BCUT2D eigenvalue weighted by Crippen LogP contribution is 2.17. The maximum absolute atomic E-state index is 12.0. The molecule has 0 spiro atoms. The summed E-state index contributed by atoms with van der Waals surface area (Å²) < 4.78 is 1.05. The van der Waals surface area contributed by atoms with Crippen LogP contribution in [0.15, 0.2) is 35.1 Å². The molecule has 0 aliphatic heterocycles. The van der Waals surface area contributed by atoms with Crippen LogP contribution in [0.2, 0.25) is 0 Å². The van der Waals surface area contributed by atoms with Crippen LogP contribution < -0.4 is 0 Å². The van der Waals surface area contributed by atoms with E-state index in [9.17, 15) is 4.79 Å². The summed E-state index contributed by atoms with van der Waals surface area (Å²) in [6.07, 6.45) is 3.14. The van der Waals surface area contributed by atoms with Gasteiger partial charge in [0.05, 0.1) is 11.8 Å². The third kappa shape index (κ3) is 2.79. The van der Waals surface area contributed by atoms with E-state index >= 15 is 0 Å². The van der Waals surface area contributed by atoms with Crippen molar-refractivity contribution in [3.05, 3.63) is 51.8 Å². The minimum absolute atomic E-state index is 0.0360. The lowest BCUT2D eigenvalue weighted by molar-refractivity contribution is 0.0785. The zero-order valence-corrected chi connectivity index (χ0v) is 11.9. The number of nitrogens with zero attached hydrogens (tertiary/aromatic N) is 2. The number of nitrogens with one attached hydrogen (secondary N) is 1. The number of benzene rings is 1. The number of rotatable bonds is 3. The van der Waals surface area contributed by atoms with Crippen molar-refractivity contribution in [2.75, 3.05) is 7.05 Å². The number of amides is 1. The van der Waals surface area contributed by atoms with Gasteiger partial charge >= 0.3 is 0 Å². The predicted octanol–water partition coefficient (Wildman–Crippen LogP) is 2.75. The molecule has 2 aromatic rings. The summed E-state index contributed by atoms with van der Waals surface area (Å²) in [5.74, 6) is -0.0360. The summed E-state index contributed by atoms with van der Waals surface area (Å²) in [6, 6.07) is 6.06. The standard InChI is InChI=1S/C13H14BrN3O/c1-9-5-12(14)4-3-10(9)8-17(2)13(18)11-6-15-16-7-11/h3-7H,8H2,1-2H3,(H,15,16). The lowest BCUT2D eigenvalue weighted by atomic mass is 10.1. The van der Waals surface area contributed by atoms with Gasteiger partial charge in [-0.25, -0.2) is 0 Å². The molecule has 1 aromatic heterocycles. The fourth-order valence-electron chi connectivity index (χ4n) is 1.75. The third-order valence-corrected chi connectivity index (χ3v) is 3.30. The minimum Gasteiger partial charge on any atom is -0.337 e. The van der Waals surface area contributed by atoms with Crippen LogP contribution in [0.5, 0.6) is 0 Å². The van der Waals surface area contributed by atoms with E-state index in [0.717, 1.165) is 15.6 Å². The Hall–Kier alpha value is -1.62. The highest BCUT2D eigenvalue weighted by Gasteiger charge is 2.13. The highest BCUT2D eigenvalue weighted by molar-refractivity contribution is 9.10. The molecule has 1 aromatic carbocycles. The molecule has 0 aliphatic rings. The molecule has 0 saturated carbocycles. The normalized spacial score (nSPS) is 10.4. The first-order valence-electron chi connectivity index (χ1n) is 5.57. The molecule has 0 radical (unpaired) electrons. The van der Waals surface area contributed by atoms with Crippen LogP contribution >= 0.6 is 15.9 Å². The molecule has 1 amide bonds. The topological polar surface area (TPSA) is 49.0 Å². The molecular formula is C13H14BrN3O. The van der Waals surface area contributed by atoms with E-state index in [2.05, 4.69) is 26.1 Å². The molecule has 18 heavy (non-hydrogen) atoms. The van der Waals surface area contributed by atoms with Crippen molar-refractivity contribution in [2.45, 2.75) is 13.5 Å². The largest absolute Gasteiger partial charge is 0.337 e. The van der Waals surface area contributed by atoms with Gasteiger partial charge in [-0.15, -0.1) is 0 Å². The first-order chi connectivity index (χ1) is 8.58. The van der Waals surface area contributed by atoms with Crippen molar-refractivity contribution in [1.29, 1.82) is 0 Å². The number of carbonyl (C=O) groups is 1. The Bertz CT molecular complexity index is 551. The molecular weight excluding hydrogens is 294 g/mol. The Balaban J connectivity index is 2.11. The van der Waals surface area contributed by atoms with Crippen LogP contribution in [0.25, 0.3) is 0 Å². The number of hydrogen-bond donors (Lipinski definition) is 1. The Labute approximate surface area is 114 Å².